The molecular formula is C20H15BrN2O5. The van der Waals surface area contributed by atoms with Gasteiger partial charge in [0.15, 0.2) is 0 Å². The van der Waals surface area contributed by atoms with E-state index in [0.29, 0.717) is 22.8 Å². The predicted octanol–water partition coefficient (Wildman–Crippen LogP) is 5.10. The second-order valence-electron chi connectivity index (χ2n) is 6.76. The van der Waals surface area contributed by atoms with E-state index in [-0.39, 0.29) is 5.69 Å². The second-order valence-corrected chi connectivity index (χ2v) is 7.67. The van der Waals surface area contributed by atoms with Crippen molar-refractivity contribution in [3.63, 3.8) is 0 Å². The number of nitrogens with zero attached hydrogens (tertiary/aromatic N) is 2. The Balaban J connectivity index is 1.95. The first-order valence-corrected chi connectivity index (χ1v) is 9.23. The molecule has 28 heavy (non-hydrogen) atoms. The van der Waals surface area contributed by atoms with E-state index in [1.807, 2.05) is 24.3 Å². The highest BCUT2D eigenvalue weighted by Crippen LogP contribution is 2.40. The number of halogens is 1. The summed E-state index contributed by atoms with van der Waals surface area (Å²) in [5.74, 6) is -1.27. The number of carbonyl (C=O) groups excluding carboxylic acids is 1. The van der Waals surface area contributed by atoms with Crippen molar-refractivity contribution in [1.29, 1.82) is 0 Å². The fourth-order valence-corrected chi connectivity index (χ4v) is 3.35. The van der Waals surface area contributed by atoms with E-state index in [0.717, 1.165) is 10.0 Å². The molecule has 142 valence electrons. The molecular weight excluding hydrogens is 428 g/mol. The van der Waals surface area contributed by atoms with E-state index in [1.54, 1.807) is 36.6 Å². The highest BCUT2D eigenvalue weighted by atomic mass is 79.9. The smallest absolute Gasteiger partial charge is 0.346 e. The van der Waals surface area contributed by atoms with Crippen molar-refractivity contribution >= 4 is 27.6 Å². The van der Waals surface area contributed by atoms with Gasteiger partial charge in [-0.25, -0.2) is 4.79 Å². The van der Waals surface area contributed by atoms with Crippen molar-refractivity contribution in [3.05, 3.63) is 74.7 Å². The summed E-state index contributed by atoms with van der Waals surface area (Å²) in [6.45, 7) is 3.31. The number of fused-ring (bicyclic) bond motifs is 1. The Labute approximate surface area is 168 Å². The molecule has 0 saturated carbocycles. The molecule has 0 N–H and O–H groups in total. The third-order valence-corrected chi connectivity index (χ3v) is 4.84. The van der Waals surface area contributed by atoms with Gasteiger partial charge in [-0.1, -0.05) is 28.1 Å². The summed E-state index contributed by atoms with van der Waals surface area (Å²) in [6.07, 6.45) is 0. The molecule has 0 bridgehead atoms. The lowest BCUT2D eigenvalue weighted by molar-refractivity contribution is -0.384. The number of nitro benzene ring substituents is 1. The molecule has 0 saturated heterocycles. The van der Waals surface area contributed by atoms with Crippen molar-refractivity contribution in [2.24, 2.45) is 0 Å². The van der Waals surface area contributed by atoms with Gasteiger partial charge >= 0.3 is 5.97 Å². The van der Waals surface area contributed by atoms with Gasteiger partial charge in [-0.15, -0.1) is 0 Å². The normalized spacial score (nSPS) is 14.8. The Hall–Kier alpha value is -3.13. The molecule has 8 heteroatoms. The molecule has 1 aromatic heterocycles. The number of ether oxygens (including phenoxy) is 2. The van der Waals surface area contributed by atoms with Crippen LogP contribution in [0, 0.1) is 10.1 Å². The summed E-state index contributed by atoms with van der Waals surface area (Å²) in [5.41, 5.74) is 2.48. The molecule has 0 radical (unpaired) electrons. The Morgan fingerprint density at radius 1 is 1.04 bits per heavy atom. The maximum absolute atomic E-state index is 12.5. The number of rotatable bonds is 3. The van der Waals surface area contributed by atoms with E-state index in [9.17, 15) is 14.9 Å². The van der Waals surface area contributed by atoms with E-state index < -0.39 is 16.7 Å². The van der Waals surface area contributed by atoms with Crippen LogP contribution in [0.1, 0.15) is 24.2 Å². The van der Waals surface area contributed by atoms with Crippen LogP contribution in [0.4, 0.5) is 5.69 Å². The van der Waals surface area contributed by atoms with E-state index in [2.05, 4.69) is 15.9 Å². The lowest BCUT2D eigenvalue weighted by Crippen LogP contribution is -2.39. The van der Waals surface area contributed by atoms with Crippen molar-refractivity contribution in [2.75, 3.05) is 0 Å². The molecule has 0 amide bonds. The fraction of sp³-hybridized carbons (Fsp3) is 0.150. The highest BCUT2D eigenvalue weighted by molar-refractivity contribution is 9.10. The number of aromatic nitrogens is 1. The zero-order chi connectivity index (χ0) is 20.1. The van der Waals surface area contributed by atoms with Gasteiger partial charge in [-0.05, 0) is 35.9 Å². The van der Waals surface area contributed by atoms with Gasteiger partial charge in [0.05, 0.1) is 10.6 Å². The van der Waals surface area contributed by atoms with Crippen molar-refractivity contribution in [2.45, 2.75) is 19.6 Å². The van der Waals surface area contributed by atoms with Gasteiger partial charge < -0.3 is 9.47 Å². The fourth-order valence-electron chi connectivity index (χ4n) is 3.08. The molecule has 0 spiro atoms. The molecule has 1 aliphatic rings. The second kappa shape index (κ2) is 6.49. The van der Waals surface area contributed by atoms with E-state index in [4.69, 9.17) is 9.47 Å². The van der Waals surface area contributed by atoms with Gasteiger partial charge in [0.2, 0.25) is 5.88 Å². The van der Waals surface area contributed by atoms with Crippen LogP contribution in [0.15, 0.2) is 59.1 Å². The number of cyclic esters (lactones) is 1. The molecule has 4 rings (SSSR count). The van der Waals surface area contributed by atoms with Gasteiger partial charge in [-0.2, -0.15) is 0 Å². The number of nitro groups is 1. The average Bonchev–Trinajstić information content (AvgIpc) is 3.00. The highest BCUT2D eigenvalue weighted by Gasteiger charge is 2.38. The van der Waals surface area contributed by atoms with Gasteiger partial charge in [0, 0.05) is 36.1 Å². The Bertz CT molecular complexity index is 1090. The van der Waals surface area contributed by atoms with Gasteiger partial charge in [0.25, 0.3) is 11.5 Å². The van der Waals surface area contributed by atoms with Crippen LogP contribution < -0.4 is 4.74 Å². The number of esters is 1. The quantitative estimate of drug-likeness (QED) is 0.320. The SMILES string of the molecule is CC1(C)OC(=O)c2cc(-c3ccc(Br)cc3)n(-c3ccc([N+](=O)[O-])cc3)c2O1. The van der Waals surface area contributed by atoms with Crippen molar-refractivity contribution in [3.8, 4) is 22.8 Å². The molecule has 2 aromatic carbocycles. The third kappa shape index (κ3) is 3.16. The zero-order valence-corrected chi connectivity index (χ0v) is 16.6. The van der Waals surface area contributed by atoms with E-state index in [1.165, 1.54) is 12.1 Å². The molecule has 0 fully saturated rings. The monoisotopic (exact) mass is 442 g/mol. The van der Waals surface area contributed by atoms with Crippen LogP contribution in [-0.4, -0.2) is 21.2 Å². The average molecular weight is 443 g/mol. The van der Waals surface area contributed by atoms with Gasteiger partial charge in [-0.3, -0.25) is 14.7 Å². The molecule has 7 nitrogen and oxygen atoms in total. The van der Waals surface area contributed by atoms with Crippen LogP contribution in [0.3, 0.4) is 0 Å². The maximum atomic E-state index is 12.5. The number of hydrogen-bond donors (Lipinski definition) is 0. The van der Waals surface area contributed by atoms with Crippen LogP contribution in [-0.2, 0) is 4.74 Å². The summed E-state index contributed by atoms with van der Waals surface area (Å²) < 4.78 is 14.0. The molecule has 2 heterocycles. The first kappa shape index (κ1) is 18.2. The Morgan fingerprint density at radius 3 is 2.29 bits per heavy atom. The van der Waals surface area contributed by atoms with Gasteiger partial charge in [0.1, 0.15) is 5.56 Å². The molecule has 1 aliphatic heterocycles. The van der Waals surface area contributed by atoms with Crippen molar-refractivity contribution in [1.82, 2.24) is 4.57 Å². The lowest BCUT2D eigenvalue weighted by atomic mass is 10.1. The molecule has 0 aliphatic carbocycles. The Kier molecular flexibility index (Phi) is 4.23. The summed E-state index contributed by atoms with van der Waals surface area (Å²) in [6, 6.07) is 15.4. The summed E-state index contributed by atoms with van der Waals surface area (Å²) >= 11 is 3.41. The van der Waals surface area contributed by atoms with Crippen molar-refractivity contribution < 1.29 is 19.2 Å². The number of benzene rings is 2. The summed E-state index contributed by atoms with van der Waals surface area (Å²) in [5, 5.41) is 11.0. The number of carbonyl (C=O) groups is 1. The maximum Gasteiger partial charge on any atom is 0.346 e. The predicted molar refractivity (Wildman–Crippen MR) is 106 cm³/mol. The zero-order valence-electron chi connectivity index (χ0n) is 15.0. The minimum atomic E-state index is -1.13. The van der Waals surface area contributed by atoms with Crippen LogP contribution >= 0.6 is 15.9 Å². The summed E-state index contributed by atoms with van der Waals surface area (Å²) in [7, 11) is 0. The minimum Gasteiger partial charge on any atom is -0.436 e. The summed E-state index contributed by atoms with van der Waals surface area (Å²) in [4.78, 5) is 23.0. The largest absolute Gasteiger partial charge is 0.436 e. The molecule has 0 unspecified atom stereocenters. The third-order valence-electron chi connectivity index (χ3n) is 4.32. The standard InChI is InChI=1S/C20H15BrN2O5/c1-20(2)27-18-16(19(24)28-20)11-17(12-3-5-13(21)6-4-12)22(18)14-7-9-15(10-8-14)23(25)26/h3-11H,1-2H3. The molecule has 3 aromatic rings. The first-order chi connectivity index (χ1) is 13.2. The van der Waals surface area contributed by atoms with Crippen LogP contribution in [0.5, 0.6) is 5.88 Å². The number of non-ortho nitro benzene ring substituents is 1. The Morgan fingerprint density at radius 2 is 1.68 bits per heavy atom. The minimum absolute atomic E-state index is 0.0179. The van der Waals surface area contributed by atoms with Crippen LogP contribution in [0.2, 0.25) is 0 Å². The number of hydrogen-bond acceptors (Lipinski definition) is 5. The van der Waals surface area contributed by atoms with E-state index >= 15 is 0 Å². The van der Waals surface area contributed by atoms with Crippen LogP contribution in [0.25, 0.3) is 16.9 Å². The first-order valence-electron chi connectivity index (χ1n) is 8.44. The molecule has 0 atom stereocenters. The lowest BCUT2D eigenvalue weighted by Gasteiger charge is -2.31. The topological polar surface area (TPSA) is 83.6 Å².